The Bertz CT molecular complexity index is 863. The molecule has 2 radical (unpaired) electrons. The predicted octanol–water partition coefficient (Wildman–Crippen LogP) is 4.87. The molecule has 2 nitrogen and oxygen atoms in total. The van der Waals surface area contributed by atoms with E-state index < -0.39 is 11.1 Å². The Labute approximate surface area is 172 Å². The topological polar surface area (TPSA) is 52.0 Å². The summed E-state index contributed by atoms with van der Waals surface area (Å²) in [4.78, 5) is 0. The van der Waals surface area contributed by atoms with E-state index in [1.807, 2.05) is 121 Å². The first kappa shape index (κ1) is 19.1. The highest BCUT2D eigenvalue weighted by molar-refractivity contribution is 5.50. The highest BCUT2D eigenvalue weighted by Gasteiger charge is 2.42. The maximum atomic E-state index is 7.11. The van der Waals surface area contributed by atoms with Crippen LogP contribution in [0.15, 0.2) is 121 Å². The molecular formula is C27H24N2. The number of benzene rings is 4. The van der Waals surface area contributed by atoms with Gasteiger partial charge in [-0.05, 0) is 22.3 Å². The third kappa shape index (κ3) is 3.73. The van der Waals surface area contributed by atoms with Gasteiger partial charge in [0.15, 0.2) is 0 Å². The normalized spacial score (nSPS) is 11.9. The Hall–Kier alpha value is -3.20. The van der Waals surface area contributed by atoms with Crippen molar-refractivity contribution in [2.24, 2.45) is 11.5 Å². The summed E-state index contributed by atoms with van der Waals surface area (Å²) in [5.41, 5.74) is 16.0. The predicted molar refractivity (Wildman–Crippen MR) is 119 cm³/mol. The molecule has 0 fully saturated rings. The molecule has 2 heteroatoms. The highest BCUT2D eigenvalue weighted by Crippen LogP contribution is 2.40. The molecule has 0 amide bonds. The van der Waals surface area contributed by atoms with Gasteiger partial charge in [-0.15, -0.1) is 0 Å². The van der Waals surface area contributed by atoms with Gasteiger partial charge in [-0.1, -0.05) is 121 Å². The van der Waals surface area contributed by atoms with E-state index in [-0.39, 0.29) is 0 Å². The molecule has 0 atom stereocenters. The molecule has 0 heterocycles. The third-order valence-electron chi connectivity index (χ3n) is 5.31. The summed E-state index contributed by atoms with van der Waals surface area (Å²) in [5.74, 6) is 0. The van der Waals surface area contributed by atoms with Crippen LogP contribution >= 0.6 is 0 Å². The van der Waals surface area contributed by atoms with Crippen molar-refractivity contribution >= 4 is 0 Å². The molecule has 0 aromatic heterocycles. The van der Waals surface area contributed by atoms with Gasteiger partial charge in [0, 0.05) is 6.42 Å². The molecule has 0 aliphatic rings. The molecule has 0 unspecified atom stereocenters. The average Bonchev–Trinajstić information content (AvgIpc) is 2.81. The third-order valence-corrected chi connectivity index (χ3v) is 5.31. The van der Waals surface area contributed by atoms with E-state index in [0.29, 0.717) is 0 Å². The lowest BCUT2D eigenvalue weighted by molar-refractivity contribution is 0.489. The summed E-state index contributed by atoms with van der Waals surface area (Å²) in [7, 11) is 0. The lowest BCUT2D eigenvalue weighted by Crippen LogP contribution is -2.50. The minimum atomic E-state index is -0.997. The second-order valence-electron chi connectivity index (χ2n) is 7.21. The van der Waals surface area contributed by atoms with Gasteiger partial charge in [0.2, 0.25) is 0 Å². The highest BCUT2D eigenvalue weighted by atomic mass is 14.8. The van der Waals surface area contributed by atoms with Crippen molar-refractivity contribution < 1.29 is 0 Å². The Morgan fingerprint density at radius 2 is 0.586 bits per heavy atom. The smallest absolute Gasteiger partial charge is 0.0762 e. The Morgan fingerprint density at radius 1 is 0.379 bits per heavy atom. The molecule has 0 bridgehead atoms. The lowest BCUT2D eigenvalue weighted by atomic mass is 9.69. The van der Waals surface area contributed by atoms with Crippen LogP contribution in [-0.2, 0) is 11.1 Å². The molecule has 29 heavy (non-hydrogen) atoms. The van der Waals surface area contributed by atoms with Gasteiger partial charge in [0.1, 0.15) is 0 Å². The fourth-order valence-electron chi connectivity index (χ4n) is 3.74. The molecule has 4 N–H and O–H groups in total. The first-order valence-corrected chi connectivity index (χ1v) is 9.72. The Balaban J connectivity index is 1.91. The number of rotatable bonds is 6. The van der Waals surface area contributed by atoms with Crippen LogP contribution in [-0.4, -0.2) is 0 Å². The summed E-state index contributed by atoms with van der Waals surface area (Å²) in [6.45, 7) is 0. The van der Waals surface area contributed by atoms with Crippen LogP contribution in [0.5, 0.6) is 0 Å². The van der Waals surface area contributed by atoms with Gasteiger partial charge >= 0.3 is 0 Å². The van der Waals surface area contributed by atoms with E-state index in [2.05, 4.69) is 6.42 Å². The van der Waals surface area contributed by atoms with E-state index >= 15 is 0 Å². The van der Waals surface area contributed by atoms with Crippen molar-refractivity contribution in [3.05, 3.63) is 150 Å². The van der Waals surface area contributed by atoms with Crippen molar-refractivity contribution in [1.29, 1.82) is 0 Å². The molecule has 0 saturated heterocycles. The van der Waals surface area contributed by atoms with Gasteiger partial charge in [-0.3, -0.25) is 0 Å². The van der Waals surface area contributed by atoms with Crippen molar-refractivity contribution in [3.8, 4) is 0 Å². The van der Waals surface area contributed by atoms with Gasteiger partial charge in [-0.25, -0.2) is 0 Å². The van der Waals surface area contributed by atoms with Crippen LogP contribution < -0.4 is 11.5 Å². The summed E-state index contributed by atoms with van der Waals surface area (Å²) in [5, 5.41) is 0. The molecule has 4 aromatic carbocycles. The summed E-state index contributed by atoms with van der Waals surface area (Å²) in [6.07, 6.45) is 3.63. The molecule has 142 valence electrons. The van der Waals surface area contributed by atoms with E-state index in [4.69, 9.17) is 11.5 Å². The van der Waals surface area contributed by atoms with Crippen molar-refractivity contribution in [1.82, 2.24) is 0 Å². The largest absolute Gasteiger partial charge is 0.317 e. The zero-order valence-corrected chi connectivity index (χ0v) is 16.2. The van der Waals surface area contributed by atoms with Gasteiger partial charge in [-0.2, -0.15) is 0 Å². The fourth-order valence-corrected chi connectivity index (χ4v) is 3.74. The maximum Gasteiger partial charge on any atom is 0.0762 e. The van der Waals surface area contributed by atoms with E-state index in [1.165, 1.54) is 0 Å². The van der Waals surface area contributed by atoms with Gasteiger partial charge in [0.05, 0.1) is 11.1 Å². The molecular weight excluding hydrogens is 352 g/mol. The molecule has 0 saturated carbocycles. The lowest BCUT2D eigenvalue weighted by Gasteiger charge is -2.40. The zero-order chi connectivity index (χ0) is 20.2. The average molecular weight is 377 g/mol. The van der Waals surface area contributed by atoms with Crippen molar-refractivity contribution in [3.63, 3.8) is 0 Å². The molecule has 4 rings (SSSR count). The van der Waals surface area contributed by atoms with Crippen molar-refractivity contribution in [2.45, 2.75) is 11.1 Å². The van der Waals surface area contributed by atoms with Crippen LogP contribution in [0, 0.1) is 6.42 Å². The van der Waals surface area contributed by atoms with E-state index in [9.17, 15) is 0 Å². The second kappa shape index (κ2) is 8.04. The second-order valence-corrected chi connectivity index (χ2v) is 7.21. The van der Waals surface area contributed by atoms with Gasteiger partial charge < -0.3 is 11.5 Å². The maximum absolute atomic E-state index is 7.11. The van der Waals surface area contributed by atoms with Crippen LogP contribution in [0.1, 0.15) is 22.3 Å². The minimum absolute atomic E-state index is 0.938. The first-order valence-electron chi connectivity index (χ1n) is 9.72. The first-order chi connectivity index (χ1) is 14.1. The van der Waals surface area contributed by atoms with Crippen LogP contribution in [0.2, 0.25) is 0 Å². The van der Waals surface area contributed by atoms with E-state index in [0.717, 1.165) is 22.3 Å². The minimum Gasteiger partial charge on any atom is -0.317 e. The fraction of sp³-hybridized carbons (Fsp3) is 0.0741. The quantitative estimate of drug-likeness (QED) is 0.504. The summed E-state index contributed by atoms with van der Waals surface area (Å²) >= 11 is 0. The Morgan fingerprint density at radius 3 is 0.793 bits per heavy atom. The molecule has 0 spiro atoms. The van der Waals surface area contributed by atoms with E-state index in [1.54, 1.807) is 0 Å². The summed E-state index contributed by atoms with van der Waals surface area (Å²) < 4.78 is 0. The standard InChI is InChI=1S/C27H24N2/c28-26(22-13-5-1-6-14-22,23-15-7-2-8-16-23)21-27(29,24-17-9-3-10-18-24)25-19-11-4-12-20-25/h1-20H,28-29H2. The molecule has 0 aliphatic carbocycles. The van der Waals surface area contributed by atoms with Crippen molar-refractivity contribution in [2.75, 3.05) is 0 Å². The van der Waals surface area contributed by atoms with Crippen LogP contribution in [0.4, 0.5) is 0 Å². The number of hydrogen-bond acceptors (Lipinski definition) is 2. The summed E-state index contributed by atoms with van der Waals surface area (Å²) in [6, 6.07) is 40.1. The van der Waals surface area contributed by atoms with Gasteiger partial charge in [0.25, 0.3) is 0 Å². The Kier molecular flexibility index (Phi) is 5.30. The SMILES string of the molecule is NC([C]C(N)(c1ccccc1)c1ccccc1)(c1ccccc1)c1ccccc1. The number of hydrogen-bond donors (Lipinski definition) is 2. The zero-order valence-electron chi connectivity index (χ0n) is 16.2. The monoisotopic (exact) mass is 376 g/mol. The van der Waals surface area contributed by atoms with Crippen LogP contribution in [0.3, 0.4) is 0 Å². The number of nitrogens with two attached hydrogens (primary N) is 2. The van der Waals surface area contributed by atoms with Crippen LogP contribution in [0.25, 0.3) is 0 Å². The molecule has 4 aromatic rings. The molecule has 0 aliphatic heterocycles.